The van der Waals surface area contributed by atoms with Gasteiger partial charge in [0.2, 0.25) is 5.88 Å². The maximum atomic E-state index is 12.9. The van der Waals surface area contributed by atoms with Crippen LogP contribution >= 0.6 is 0 Å². The van der Waals surface area contributed by atoms with Crippen LogP contribution in [0.4, 0.5) is 0 Å². The lowest BCUT2D eigenvalue weighted by atomic mass is 10.1. The molecule has 3 heterocycles. The summed E-state index contributed by atoms with van der Waals surface area (Å²) < 4.78 is 22.5. The number of carbonyl (C=O) groups is 1. The molecule has 2 saturated heterocycles. The highest BCUT2D eigenvalue weighted by molar-refractivity contribution is 5.94. The van der Waals surface area contributed by atoms with Crippen LogP contribution in [0.3, 0.4) is 0 Å². The molecule has 0 radical (unpaired) electrons. The quantitative estimate of drug-likeness (QED) is 0.643. The Morgan fingerprint density at radius 2 is 2.09 bits per heavy atom. The molecule has 9 heteroatoms. The maximum Gasteiger partial charge on any atom is 0.254 e. The number of rotatable bonds is 6. The minimum absolute atomic E-state index is 0.0356. The number of amides is 1. The lowest BCUT2D eigenvalue weighted by molar-refractivity contribution is 0.0302. The molecular weight excluding hydrogens is 436 g/mol. The zero-order chi connectivity index (χ0) is 23.5. The topological polar surface area (TPSA) is 107 Å². The van der Waals surface area contributed by atoms with Gasteiger partial charge in [0.05, 0.1) is 56.4 Å². The van der Waals surface area contributed by atoms with Crippen molar-refractivity contribution in [3.05, 3.63) is 52.5 Å². The first-order valence-electron chi connectivity index (χ1n) is 11.4. The Hall–Kier alpha value is -3.48. The molecule has 2 aliphatic heterocycles. The number of benzene rings is 1. The molecule has 34 heavy (non-hydrogen) atoms. The average molecular weight is 463 g/mol. The molecule has 2 aromatic rings. The summed E-state index contributed by atoms with van der Waals surface area (Å²) in [5.74, 6) is 1.57. The predicted octanol–water partition coefficient (Wildman–Crippen LogP) is 2.18. The number of morpholine rings is 1. The summed E-state index contributed by atoms with van der Waals surface area (Å²) in [6, 6.07) is 7.68. The minimum atomic E-state index is -0.0904. The molecule has 9 nitrogen and oxygen atoms in total. The lowest BCUT2D eigenvalue weighted by Crippen LogP contribution is -2.40. The molecule has 1 aliphatic carbocycles. The number of carbonyl (C=O) groups excluding carboxylic acids is 1. The average Bonchev–Trinajstić information content (AvgIpc) is 3.54. The van der Waals surface area contributed by atoms with Crippen LogP contribution in [-0.4, -0.2) is 73.5 Å². The summed E-state index contributed by atoms with van der Waals surface area (Å²) in [7, 11) is 1.59. The van der Waals surface area contributed by atoms with Gasteiger partial charge in [-0.25, -0.2) is 4.98 Å². The van der Waals surface area contributed by atoms with Crippen LogP contribution < -0.4 is 9.47 Å². The Balaban J connectivity index is 1.41. The summed E-state index contributed by atoms with van der Waals surface area (Å²) in [6.45, 7) is 3.43. The fraction of sp³-hybridized carbons (Fsp3) is 0.440. The summed E-state index contributed by atoms with van der Waals surface area (Å²) >= 11 is 0. The van der Waals surface area contributed by atoms with Gasteiger partial charge in [-0.15, -0.1) is 0 Å². The molecule has 1 atom stereocenters. The van der Waals surface area contributed by atoms with Crippen molar-refractivity contribution >= 4 is 11.5 Å². The van der Waals surface area contributed by atoms with Crippen LogP contribution in [0, 0.1) is 11.3 Å². The molecule has 2 fully saturated rings. The van der Waals surface area contributed by atoms with E-state index in [-0.39, 0.29) is 12.0 Å². The number of fused-ring (bicyclic) bond motifs is 1. The number of hydrogen-bond acceptors (Lipinski definition) is 8. The zero-order valence-corrected chi connectivity index (χ0v) is 19.1. The fourth-order valence-corrected chi connectivity index (χ4v) is 4.42. The van der Waals surface area contributed by atoms with Crippen molar-refractivity contribution in [3.8, 4) is 17.7 Å². The van der Waals surface area contributed by atoms with Gasteiger partial charge in [-0.1, -0.05) is 12.1 Å². The Labute approximate surface area is 197 Å². The van der Waals surface area contributed by atoms with Crippen LogP contribution in [0.25, 0.3) is 5.57 Å². The van der Waals surface area contributed by atoms with Crippen LogP contribution in [0.5, 0.6) is 11.6 Å². The molecule has 1 unspecified atom stereocenters. The summed E-state index contributed by atoms with van der Waals surface area (Å²) in [4.78, 5) is 24.1. The SMILES string of the molecule is COc1cc(C(=O)N2CCOCC2)ccc1Cc1nc2c(c(OC3CCOC3)n1)C(C#N)=CC2. The monoisotopic (exact) mass is 462 g/mol. The number of allylic oxidation sites excluding steroid dienone is 2. The summed E-state index contributed by atoms with van der Waals surface area (Å²) in [5.41, 5.74) is 3.44. The molecule has 176 valence electrons. The van der Waals surface area contributed by atoms with E-state index in [9.17, 15) is 10.1 Å². The van der Waals surface area contributed by atoms with Gasteiger partial charge in [-0.3, -0.25) is 4.79 Å². The van der Waals surface area contributed by atoms with Gasteiger partial charge in [0.15, 0.2) is 0 Å². The van der Waals surface area contributed by atoms with E-state index in [1.54, 1.807) is 18.1 Å². The number of nitrogens with zero attached hydrogens (tertiary/aromatic N) is 4. The Morgan fingerprint density at radius 3 is 2.82 bits per heavy atom. The van der Waals surface area contributed by atoms with E-state index in [0.717, 1.165) is 17.7 Å². The summed E-state index contributed by atoms with van der Waals surface area (Å²) in [5, 5.41) is 9.53. The Bertz CT molecular complexity index is 1160. The van der Waals surface area contributed by atoms with E-state index in [1.807, 2.05) is 18.2 Å². The Morgan fingerprint density at radius 1 is 1.24 bits per heavy atom. The smallest absolute Gasteiger partial charge is 0.254 e. The van der Waals surface area contributed by atoms with E-state index in [2.05, 4.69) is 11.1 Å². The standard InChI is InChI=1S/C25H26N4O5/c1-31-21-12-17(25(30)29-7-10-32-11-8-29)3-2-16(21)13-22-27-20-5-4-18(14-26)23(20)24(28-22)34-19-6-9-33-15-19/h2-4,12,19H,5-11,13,15H2,1H3. The van der Waals surface area contributed by atoms with Crippen molar-refractivity contribution in [2.24, 2.45) is 0 Å². The van der Waals surface area contributed by atoms with Crippen molar-refractivity contribution in [3.63, 3.8) is 0 Å². The van der Waals surface area contributed by atoms with Crippen LogP contribution in [0.2, 0.25) is 0 Å². The number of aromatic nitrogens is 2. The van der Waals surface area contributed by atoms with Gasteiger partial charge in [0.25, 0.3) is 5.91 Å². The molecule has 1 aromatic carbocycles. The highest BCUT2D eigenvalue weighted by Crippen LogP contribution is 2.34. The highest BCUT2D eigenvalue weighted by atomic mass is 16.5. The number of methoxy groups -OCH3 is 1. The van der Waals surface area contributed by atoms with Gasteiger partial charge in [-0.05, 0) is 12.1 Å². The van der Waals surface area contributed by atoms with Crippen molar-refractivity contribution in [2.45, 2.75) is 25.4 Å². The van der Waals surface area contributed by atoms with Crippen molar-refractivity contribution in [1.29, 1.82) is 5.26 Å². The predicted molar refractivity (Wildman–Crippen MR) is 122 cm³/mol. The van der Waals surface area contributed by atoms with Crippen molar-refractivity contribution in [2.75, 3.05) is 46.6 Å². The van der Waals surface area contributed by atoms with Gasteiger partial charge in [0, 0.05) is 43.5 Å². The second-order valence-electron chi connectivity index (χ2n) is 8.41. The molecule has 5 rings (SSSR count). The van der Waals surface area contributed by atoms with Crippen molar-refractivity contribution < 1.29 is 23.7 Å². The third-order valence-corrected chi connectivity index (χ3v) is 6.23. The van der Waals surface area contributed by atoms with E-state index in [1.165, 1.54) is 0 Å². The minimum Gasteiger partial charge on any atom is -0.496 e. The number of ether oxygens (including phenoxy) is 4. The summed E-state index contributed by atoms with van der Waals surface area (Å²) in [6.07, 6.45) is 3.52. The van der Waals surface area contributed by atoms with E-state index < -0.39 is 0 Å². The molecule has 0 spiro atoms. The van der Waals surface area contributed by atoms with Crippen LogP contribution in [0.1, 0.15) is 39.4 Å². The first kappa shape index (κ1) is 22.3. The van der Waals surface area contributed by atoms with E-state index in [4.69, 9.17) is 23.9 Å². The van der Waals surface area contributed by atoms with Crippen LogP contribution in [-0.2, 0) is 22.3 Å². The van der Waals surface area contributed by atoms with Gasteiger partial charge >= 0.3 is 0 Å². The zero-order valence-electron chi connectivity index (χ0n) is 19.1. The molecular formula is C25H26N4O5. The van der Waals surface area contributed by atoms with Crippen molar-refractivity contribution in [1.82, 2.24) is 14.9 Å². The lowest BCUT2D eigenvalue weighted by Gasteiger charge is -2.27. The highest BCUT2D eigenvalue weighted by Gasteiger charge is 2.27. The van der Waals surface area contributed by atoms with E-state index >= 15 is 0 Å². The fourth-order valence-electron chi connectivity index (χ4n) is 4.42. The second kappa shape index (κ2) is 9.79. The molecule has 0 saturated carbocycles. The second-order valence-corrected chi connectivity index (χ2v) is 8.41. The van der Waals surface area contributed by atoms with Crippen LogP contribution in [0.15, 0.2) is 24.3 Å². The Kier molecular flexibility index (Phi) is 6.43. The molecule has 0 bridgehead atoms. The number of hydrogen-bond donors (Lipinski definition) is 0. The molecule has 3 aliphatic rings. The van der Waals surface area contributed by atoms with Gasteiger partial charge in [0.1, 0.15) is 17.7 Å². The molecule has 1 amide bonds. The number of nitriles is 1. The molecule has 0 N–H and O–H groups in total. The largest absolute Gasteiger partial charge is 0.496 e. The third-order valence-electron chi connectivity index (χ3n) is 6.23. The van der Waals surface area contributed by atoms with Gasteiger partial charge < -0.3 is 23.8 Å². The normalized spacial score (nSPS) is 19.4. The first-order chi connectivity index (χ1) is 16.7. The third kappa shape index (κ3) is 4.47. The van der Waals surface area contributed by atoms with Gasteiger partial charge in [-0.2, -0.15) is 10.2 Å². The maximum absolute atomic E-state index is 12.9. The van der Waals surface area contributed by atoms with E-state index in [0.29, 0.717) is 86.5 Å². The molecule has 1 aromatic heterocycles. The first-order valence-corrected chi connectivity index (χ1v) is 11.4.